The Balaban J connectivity index is 2.28. The fourth-order valence-electron chi connectivity index (χ4n) is 2.20. The van der Waals surface area contributed by atoms with Crippen LogP contribution in [0.5, 0.6) is 0 Å². The molecule has 0 aliphatic heterocycles. The maximum absolute atomic E-state index is 9.56. The first-order valence-corrected chi connectivity index (χ1v) is 6.47. The van der Waals surface area contributed by atoms with E-state index in [1.165, 1.54) is 0 Å². The van der Waals surface area contributed by atoms with Gasteiger partial charge in [0.05, 0.1) is 0 Å². The first-order chi connectivity index (χ1) is 10.3. The van der Waals surface area contributed by atoms with Crippen molar-refractivity contribution >= 4 is 12.7 Å². The van der Waals surface area contributed by atoms with Crippen LogP contribution in [0.4, 0.5) is 0 Å². The van der Waals surface area contributed by atoms with Gasteiger partial charge >= 0.3 is 7.12 Å². The van der Waals surface area contributed by atoms with Gasteiger partial charge < -0.3 is 10.0 Å². The van der Waals surface area contributed by atoms with Crippen molar-refractivity contribution in [3.63, 3.8) is 0 Å². The molecule has 102 valence electrons. The number of hydrogen-bond donors (Lipinski definition) is 2. The number of nitrogens with zero attached hydrogens (tertiary/aromatic N) is 3. The van der Waals surface area contributed by atoms with Crippen LogP contribution in [0, 0.1) is 0 Å². The number of hydrogen-bond acceptors (Lipinski definition) is 5. The van der Waals surface area contributed by atoms with Gasteiger partial charge in [-0.1, -0.05) is 60.7 Å². The van der Waals surface area contributed by atoms with Crippen LogP contribution in [0.3, 0.4) is 0 Å². The zero-order valence-corrected chi connectivity index (χ0v) is 11.1. The van der Waals surface area contributed by atoms with Crippen LogP contribution in [0.2, 0.25) is 0 Å². The Labute approximate surface area is 122 Å². The van der Waals surface area contributed by atoms with Crippen LogP contribution in [-0.4, -0.2) is 32.6 Å². The fraction of sp³-hybridized carbons (Fsp3) is 0. The number of rotatable bonds is 3. The first kappa shape index (κ1) is 13.4. The Bertz CT molecular complexity index is 736. The van der Waals surface area contributed by atoms with E-state index in [1.54, 1.807) is 0 Å². The largest absolute Gasteiger partial charge is 0.510 e. The van der Waals surface area contributed by atoms with Gasteiger partial charge in [-0.3, -0.25) is 0 Å². The average molecular weight is 277 g/mol. The molecule has 0 fully saturated rings. The molecule has 3 rings (SSSR count). The maximum Gasteiger partial charge on any atom is 0.510 e. The lowest BCUT2D eigenvalue weighted by Crippen LogP contribution is -2.36. The molecule has 0 aliphatic carbocycles. The monoisotopic (exact) mass is 277 g/mol. The van der Waals surface area contributed by atoms with E-state index in [2.05, 4.69) is 15.4 Å². The molecule has 0 spiro atoms. The zero-order valence-electron chi connectivity index (χ0n) is 11.1. The molecular weight excluding hydrogens is 265 g/mol. The van der Waals surface area contributed by atoms with Gasteiger partial charge in [-0.2, -0.15) is 0 Å². The van der Waals surface area contributed by atoms with Crippen LogP contribution < -0.4 is 5.59 Å². The molecule has 0 bridgehead atoms. The summed E-state index contributed by atoms with van der Waals surface area (Å²) in [7, 11) is -1.71. The molecule has 1 aromatic heterocycles. The van der Waals surface area contributed by atoms with E-state index < -0.39 is 7.12 Å². The summed E-state index contributed by atoms with van der Waals surface area (Å²) in [5.41, 5.74) is 2.89. The van der Waals surface area contributed by atoms with Gasteiger partial charge in [0.25, 0.3) is 0 Å². The summed E-state index contributed by atoms with van der Waals surface area (Å²) in [5.74, 6) is 0. The summed E-state index contributed by atoms with van der Waals surface area (Å²) in [6.07, 6.45) is 0. The summed E-state index contributed by atoms with van der Waals surface area (Å²) in [6.45, 7) is 0. The number of aromatic nitrogens is 3. The number of benzene rings is 2. The van der Waals surface area contributed by atoms with E-state index in [9.17, 15) is 10.0 Å². The topological polar surface area (TPSA) is 79.1 Å². The Morgan fingerprint density at radius 3 is 1.86 bits per heavy atom. The minimum absolute atomic E-state index is 0.0926. The Morgan fingerprint density at radius 2 is 1.29 bits per heavy atom. The van der Waals surface area contributed by atoms with Crippen molar-refractivity contribution in [2.45, 2.75) is 0 Å². The SMILES string of the molecule is OB(O)c1nnnc(-c2ccccc2)c1-c1ccccc1. The molecule has 0 unspecified atom stereocenters. The Hall–Kier alpha value is -2.57. The zero-order chi connectivity index (χ0) is 14.7. The molecule has 2 aromatic carbocycles. The summed E-state index contributed by atoms with van der Waals surface area (Å²) >= 11 is 0. The second kappa shape index (κ2) is 5.82. The molecule has 5 nitrogen and oxygen atoms in total. The Kier molecular flexibility index (Phi) is 3.72. The molecule has 0 radical (unpaired) electrons. The van der Waals surface area contributed by atoms with E-state index >= 15 is 0 Å². The molecular formula is C15H12BN3O2. The van der Waals surface area contributed by atoms with Gasteiger partial charge in [-0.05, 0) is 10.8 Å². The standard InChI is InChI=1S/C15H12BN3O2/c20-16(21)15-13(11-7-3-1-4-8-11)14(17-19-18-15)12-9-5-2-6-10-12/h1-10,20-21H. The highest BCUT2D eigenvalue weighted by atomic mass is 16.4. The quantitative estimate of drug-likeness (QED) is 0.695. The van der Waals surface area contributed by atoms with Crippen LogP contribution in [-0.2, 0) is 0 Å². The van der Waals surface area contributed by atoms with Crippen molar-refractivity contribution in [2.75, 3.05) is 0 Å². The molecule has 2 N–H and O–H groups in total. The predicted molar refractivity (Wildman–Crippen MR) is 80.5 cm³/mol. The van der Waals surface area contributed by atoms with Gasteiger partial charge in [0, 0.05) is 11.1 Å². The van der Waals surface area contributed by atoms with Crippen molar-refractivity contribution in [1.29, 1.82) is 0 Å². The molecule has 0 aliphatic rings. The lowest BCUT2D eigenvalue weighted by molar-refractivity contribution is 0.423. The smallest absolute Gasteiger partial charge is 0.422 e. The maximum atomic E-state index is 9.56. The van der Waals surface area contributed by atoms with Gasteiger partial charge in [0.1, 0.15) is 11.3 Å². The van der Waals surface area contributed by atoms with Crippen molar-refractivity contribution in [2.24, 2.45) is 0 Å². The summed E-state index contributed by atoms with van der Waals surface area (Å²) in [6, 6.07) is 18.9. The summed E-state index contributed by atoms with van der Waals surface area (Å²) in [4.78, 5) is 0. The predicted octanol–water partition coefficient (Wildman–Crippen LogP) is 0.885. The average Bonchev–Trinajstić information content (AvgIpc) is 2.55. The third kappa shape index (κ3) is 2.67. The van der Waals surface area contributed by atoms with Crippen LogP contribution in [0.1, 0.15) is 0 Å². The lowest BCUT2D eigenvalue weighted by Gasteiger charge is -2.11. The highest BCUT2D eigenvalue weighted by Gasteiger charge is 2.24. The summed E-state index contributed by atoms with van der Waals surface area (Å²) < 4.78 is 0. The van der Waals surface area contributed by atoms with Crippen molar-refractivity contribution in [3.8, 4) is 22.4 Å². The molecule has 1 heterocycles. The van der Waals surface area contributed by atoms with E-state index in [0.29, 0.717) is 11.3 Å². The molecule has 21 heavy (non-hydrogen) atoms. The van der Waals surface area contributed by atoms with Crippen LogP contribution >= 0.6 is 0 Å². The van der Waals surface area contributed by atoms with Gasteiger partial charge in [0.2, 0.25) is 0 Å². The first-order valence-electron chi connectivity index (χ1n) is 6.47. The highest BCUT2D eigenvalue weighted by Crippen LogP contribution is 2.27. The minimum Gasteiger partial charge on any atom is -0.422 e. The van der Waals surface area contributed by atoms with Crippen LogP contribution in [0.15, 0.2) is 60.7 Å². The minimum atomic E-state index is -1.71. The molecule has 0 atom stereocenters. The van der Waals surface area contributed by atoms with Crippen molar-refractivity contribution in [1.82, 2.24) is 15.4 Å². The summed E-state index contributed by atoms with van der Waals surface area (Å²) in [5, 5.41) is 30.6. The van der Waals surface area contributed by atoms with E-state index in [0.717, 1.165) is 11.1 Å². The van der Waals surface area contributed by atoms with Crippen molar-refractivity contribution in [3.05, 3.63) is 60.7 Å². The third-order valence-corrected chi connectivity index (χ3v) is 3.14. The van der Waals surface area contributed by atoms with Gasteiger partial charge in [0.15, 0.2) is 0 Å². The molecule has 0 saturated heterocycles. The highest BCUT2D eigenvalue weighted by molar-refractivity contribution is 6.59. The van der Waals surface area contributed by atoms with Gasteiger partial charge in [-0.25, -0.2) is 0 Å². The molecule has 0 amide bonds. The van der Waals surface area contributed by atoms with Crippen molar-refractivity contribution < 1.29 is 10.0 Å². The van der Waals surface area contributed by atoms with Crippen LogP contribution in [0.25, 0.3) is 22.4 Å². The third-order valence-electron chi connectivity index (χ3n) is 3.14. The van der Waals surface area contributed by atoms with E-state index in [-0.39, 0.29) is 5.59 Å². The fourth-order valence-corrected chi connectivity index (χ4v) is 2.20. The van der Waals surface area contributed by atoms with E-state index in [4.69, 9.17) is 0 Å². The normalized spacial score (nSPS) is 10.4. The Morgan fingerprint density at radius 1 is 0.714 bits per heavy atom. The van der Waals surface area contributed by atoms with Gasteiger partial charge in [-0.15, -0.1) is 10.2 Å². The second-order valence-corrected chi connectivity index (χ2v) is 4.50. The molecule has 0 saturated carbocycles. The lowest BCUT2D eigenvalue weighted by atomic mass is 9.79. The van der Waals surface area contributed by atoms with E-state index in [1.807, 2.05) is 60.7 Å². The molecule has 3 aromatic rings. The second-order valence-electron chi connectivity index (χ2n) is 4.50. The molecule has 6 heteroatoms.